The molecule has 3 rings (SSSR count). The normalized spacial score (nSPS) is 10.9. The summed E-state index contributed by atoms with van der Waals surface area (Å²) in [7, 11) is 4.00. The van der Waals surface area contributed by atoms with Gasteiger partial charge in [-0.15, -0.1) is 0 Å². The topological polar surface area (TPSA) is 74.4 Å². The number of pyridine rings is 1. The Morgan fingerprint density at radius 1 is 1.07 bits per heavy atom. The molecule has 3 aromatic rings. The zero-order valence-electron chi connectivity index (χ0n) is 15.5. The molecule has 2 N–H and O–H groups in total. The number of aromatic nitrogens is 1. The van der Waals surface area contributed by atoms with Crippen LogP contribution in [0.4, 0.5) is 0 Å². The van der Waals surface area contributed by atoms with Gasteiger partial charge in [-0.25, -0.2) is 0 Å². The van der Waals surface area contributed by atoms with Crippen molar-refractivity contribution in [1.82, 2.24) is 15.2 Å². The molecule has 0 aliphatic heterocycles. The molecule has 0 saturated carbocycles. The predicted molar refractivity (Wildman–Crippen MR) is 106 cm³/mol. The first-order valence-electron chi connectivity index (χ1n) is 8.79. The first-order valence-corrected chi connectivity index (χ1v) is 8.79. The van der Waals surface area contributed by atoms with Crippen LogP contribution >= 0.6 is 0 Å². The fraction of sp³-hybridized carbons (Fsp3) is 0.238. The van der Waals surface area contributed by atoms with E-state index in [-0.39, 0.29) is 11.5 Å². The molecule has 0 atom stereocenters. The lowest BCUT2D eigenvalue weighted by Crippen LogP contribution is -2.24. The van der Waals surface area contributed by atoms with Gasteiger partial charge in [0.15, 0.2) is 0 Å². The van der Waals surface area contributed by atoms with Crippen LogP contribution in [-0.2, 0) is 6.54 Å². The number of benzene rings is 2. The third kappa shape index (κ3) is 4.74. The first kappa shape index (κ1) is 18.7. The zero-order chi connectivity index (χ0) is 19.2. The Morgan fingerprint density at radius 2 is 1.78 bits per heavy atom. The van der Waals surface area contributed by atoms with Crippen molar-refractivity contribution in [3.05, 3.63) is 76.2 Å². The summed E-state index contributed by atoms with van der Waals surface area (Å²) in [6, 6.07) is 14.7. The number of carbonyl (C=O) groups excluding carboxylic acids is 1. The molecule has 0 fully saturated rings. The summed E-state index contributed by atoms with van der Waals surface area (Å²) in [4.78, 5) is 29.1. The van der Waals surface area contributed by atoms with Crippen molar-refractivity contribution in [3.63, 3.8) is 0 Å². The van der Waals surface area contributed by atoms with Crippen LogP contribution in [0.3, 0.4) is 0 Å². The molecule has 0 saturated heterocycles. The van der Waals surface area contributed by atoms with Gasteiger partial charge in [0, 0.05) is 30.1 Å². The second kappa shape index (κ2) is 8.51. The molecule has 27 heavy (non-hydrogen) atoms. The summed E-state index contributed by atoms with van der Waals surface area (Å²) in [6.07, 6.45) is 1.46. The molecule has 0 unspecified atom stereocenters. The number of hydrogen-bond acceptors (Lipinski definition) is 4. The van der Waals surface area contributed by atoms with Gasteiger partial charge in [-0.1, -0.05) is 30.3 Å². The van der Waals surface area contributed by atoms with Crippen LogP contribution < -0.4 is 15.6 Å². The Labute approximate surface area is 157 Å². The highest BCUT2D eigenvalue weighted by molar-refractivity contribution is 6.06. The van der Waals surface area contributed by atoms with E-state index in [0.717, 1.165) is 17.9 Å². The minimum Gasteiger partial charge on any atom is -0.492 e. The van der Waals surface area contributed by atoms with E-state index < -0.39 is 0 Å². The van der Waals surface area contributed by atoms with Crippen molar-refractivity contribution in [2.45, 2.75) is 6.54 Å². The number of likely N-dealkylation sites (N-methyl/N-ethyl adjacent to an activating group) is 1. The number of nitrogens with one attached hydrogen (secondary N) is 2. The van der Waals surface area contributed by atoms with E-state index >= 15 is 0 Å². The van der Waals surface area contributed by atoms with Gasteiger partial charge >= 0.3 is 0 Å². The third-order valence-corrected chi connectivity index (χ3v) is 4.24. The maximum Gasteiger partial charge on any atom is 0.255 e. The van der Waals surface area contributed by atoms with Gasteiger partial charge in [0.25, 0.3) is 11.5 Å². The van der Waals surface area contributed by atoms with Crippen molar-refractivity contribution in [3.8, 4) is 5.75 Å². The highest BCUT2D eigenvalue weighted by atomic mass is 16.5. The Hall–Kier alpha value is -3.12. The Kier molecular flexibility index (Phi) is 5.88. The van der Waals surface area contributed by atoms with Crippen molar-refractivity contribution in [2.75, 3.05) is 27.2 Å². The molecule has 0 aliphatic carbocycles. The van der Waals surface area contributed by atoms with E-state index in [4.69, 9.17) is 4.74 Å². The summed E-state index contributed by atoms with van der Waals surface area (Å²) < 4.78 is 5.66. The molecule has 6 nitrogen and oxygen atoms in total. The monoisotopic (exact) mass is 365 g/mol. The van der Waals surface area contributed by atoms with E-state index in [1.54, 1.807) is 18.2 Å². The highest BCUT2D eigenvalue weighted by Gasteiger charge is 2.11. The zero-order valence-corrected chi connectivity index (χ0v) is 15.5. The molecule has 0 spiro atoms. The van der Waals surface area contributed by atoms with Crippen LogP contribution in [0.25, 0.3) is 10.8 Å². The lowest BCUT2D eigenvalue weighted by Gasteiger charge is -2.11. The molecule has 1 amide bonds. The summed E-state index contributed by atoms with van der Waals surface area (Å²) in [5.41, 5.74) is 1.22. The van der Waals surface area contributed by atoms with Crippen molar-refractivity contribution in [2.24, 2.45) is 0 Å². The van der Waals surface area contributed by atoms with Crippen molar-refractivity contribution < 1.29 is 9.53 Å². The second-order valence-electron chi connectivity index (χ2n) is 6.56. The number of fused-ring (bicyclic) bond motifs is 1. The van der Waals surface area contributed by atoms with E-state index in [0.29, 0.717) is 29.5 Å². The fourth-order valence-electron chi connectivity index (χ4n) is 2.72. The number of nitrogens with zero attached hydrogens (tertiary/aromatic N) is 1. The van der Waals surface area contributed by atoms with E-state index in [2.05, 4.69) is 15.2 Å². The van der Waals surface area contributed by atoms with Crippen molar-refractivity contribution in [1.29, 1.82) is 0 Å². The van der Waals surface area contributed by atoms with Gasteiger partial charge in [-0.2, -0.15) is 0 Å². The molecule has 6 heteroatoms. The average Bonchev–Trinajstić information content (AvgIpc) is 2.67. The minimum atomic E-state index is -0.228. The van der Waals surface area contributed by atoms with Gasteiger partial charge in [-0.3, -0.25) is 9.59 Å². The SMILES string of the molecule is CN(C)CCOc1ccc(CNC(=O)c2c[nH]c(=O)c3ccccc23)cc1. The lowest BCUT2D eigenvalue weighted by molar-refractivity contribution is 0.0952. The fourth-order valence-corrected chi connectivity index (χ4v) is 2.72. The smallest absolute Gasteiger partial charge is 0.255 e. The van der Waals surface area contributed by atoms with Crippen LogP contribution in [0.5, 0.6) is 5.75 Å². The summed E-state index contributed by atoms with van der Waals surface area (Å²) in [5, 5.41) is 4.04. The molecule has 0 aliphatic rings. The van der Waals surface area contributed by atoms with Crippen LogP contribution in [0.2, 0.25) is 0 Å². The molecular formula is C21H23N3O3. The van der Waals surface area contributed by atoms with Gasteiger partial charge < -0.3 is 19.9 Å². The molecule has 1 heterocycles. The van der Waals surface area contributed by atoms with Crippen LogP contribution in [0.15, 0.2) is 59.5 Å². The van der Waals surface area contributed by atoms with E-state index in [9.17, 15) is 9.59 Å². The Bertz CT molecular complexity index is 978. The van der Waals surface area contributed by atoms with Crippen LogP contribution in [0, 0.1) is 0 Å². The second-order valence-corrected chi connectivity index (χ2v) is 6.56. The number of H-pyrrole nitrogens is 1. The van der Waals surface area contributed by atoms with Crippen molar-refractivity contribution >= 4 is 16.7 Å². The minimum absolute atomic E-state index is 0.202. The number of hydrogen-bond donors (Lipinski definition) is 2. The summed E-state index contributed by atoms with van der Waals surface area (Å²) >= 11 is 0. The quantitative estimate of drug-likeness (QED) is 0.674. The van der Waals surface area contributed by atoms with E-state index in [1.165, 1.54) is 6.20 Å². The molecule has 0 bridgehead atoms. The highest BCUT2D eigenvalue weighted by Crippen LogP contribution is 2.15. The first-order chi connectivity index (χ1) is 13.0. The predicted octanol–water partition coefficient (Wildman–Crippen LogP) is 2.40. The Balaban J connectivity index is 1.63. The largest absolute Gasteiger partial charge is 0.492 e. The van der Waals surface area contributed by atoms with Gasteiger partial charge in [0.05, 0.1) is 5.56 Å². The molecule has 1 aromatic heterocycles. The molecular weight excluding hydrogens is 342 g/mol. The Morgan fingerprint density at radius 3 is 2.48 bits per heavy atom. The van der Waals surface area contributed by atoms with Crippen LogP contribution in [-0.4, -0.2) is 43.0 Å². The van der Waals surface area contributed by atoms with Crippen LogP contribution in [0.1, 0.15) is 15.9 Å². The lowest BCUT2D eigenvalue weighted by atomic mass is 10.1. The standard InChI is InChI=1S/C21H23N3O3/c1-24(2)11-12-27-16-9-7-15(8-10-16)13-22-21(26)19-14-23-20(25)18-6-4-3-5-17(18)19/h3-10,14H,11-13H2,1-2H3,(H,22,26)(H,23,25). The molecule has 140 valence electrons. The summed E-state index contributed by atoms with van der Waals surface area (Å²) in [5.74, 6) is 0.576. The van der Waals surface area contributed by atoms with E-state index in [1.807, 2.05) is 44.4 Å². The number of carbonyl (C=O) groups is 1. The number of ether oxygens (including phenoxy) is 1. The van der Waals surface area contributed by atoms with Gasteiger partial charge in [-0.05, 0) is 37.9 Å². The molecule has 0 radical (unpaired) electrons. The van der Waals surface area contributed by atoms with Gasteiger partial charge in [0.1, 0.15) is 12.4 Å². The third-order valence-electron chi connectivity index (χ3n) is 4.24. The number of rotatable bonds is 7. The maximum absolute atomic E-state index is 12.6. The summed E-state index contributed by atoms with van der Waals surface area (Å²) in [6.45, 7) is 1.87. The maximum atomic E-state index is 12.6. The number of amides is 1. The van der Waals surface area contributed by atoms with Gasteiger partial charge in [0.2, 0.25) is 0 Å². The number of aromatic amines is 1. The average molecular weight is 365 g/mol. The molecule has 2 aromatic carbocycles.